The minimum absolute atomic E-state index is 0.0801. The number of hydrogen-bond acceptors (Lipinski definition) is 7. The molecule has 0 spiro atoms. The summed E-state index contributed by atoms with van der Waals surface area (Å²) in [7, 11) is 0. The van der Waals surface area contributed by atoms with Crippen molar-refractivity contribution in [3.8, 4) is 5.69 Å². The molecule has 38 heavy (non-hydrogen) atoms. The lowest BCUT2D eigenvalue weighted by molar-refractivity contribution is -0.579. The molecule has 4 heterocycles. The zero-order valence-electron chi connectivity index (χ0n) is 22.6. The van der Waals surface area contributed by atoms with Crippen LogP contribution in [0.15, 0.2) is 23.1 Å². The van der Waals surface area contributed by atoms with Gasteiger partial charge in [0.1, 0.15) is 11.0 Å². The minimum atomic E-state index is -0.936. The van der Waals surface area contributed by atoms with Crippen LogP contribution in [0.4, 0.5) is 15.0 Å². The zero-order valence-corrected chi connectivity index (χ0v) is 23.3. The molecular weight excluding hydrogens is 515 g/mol. The molecule has 204 valence electrons. The minimum Gasteiger partial charge on any atom is -0.709 e. The fraction of sp³-hybridized carbons (Fsp3) is 0.500. The summed E-state index contributed by atoms with van der Waals surface area (Å²) < 4.78 is 21.7. The van der Waals surface area contributed by atoms with Gasteiger partial charge in [-0.15, -0.1) is 4.57 Å². The topological polar surface area (TPSA) is 108 Å². The molecule has 0 bridgehead atoms. The van der Waals surface area contributed by atoms with E-state index in [0.29, 0.717) is 16.9 Å². The van der Waals surface area contributed by atoms with E-state index >= 15 is 0 Å². The molecule has 0 aromatic carbocycles. The highest BCUT2D eigenvalue weighted by Gasteiger charge is 2.35. The number of amides is 1. The van der Waals surface area contributed by atoms with Crippen molar-refractivity contribution in [1.29, 1.82) is 0 Å². The molecule has 0 unspecified atom stereocenters. The second kappa shape index (κ2) is 10.0. The van der Waals surface area contributed by atoms with Crippen LogP contribution in [0, 0.1) is 17.9 Å². The van der Waals surface area contributed by atoms with Crippen molar-refractivity contribution in [3.05, 3.63) is 56.2 Å². The fourth-order valence-electron chi connectivity index (χ4n) is 4.69. The molecule has 12 heteroatoms. The van der Waals surface area contributed by atoms with Crippen molar-refractivity contribution >= 4 is 34.5 Å². The Balaban J connectivity index is 1.90. The van der Waals surface area contributed by atoms with Gasteiger partial charge in [0.05, 0.1) is 5.69 Å². The van der Waals surface area contributed by atoms with Crippen LogP contribution in [-0.4, -0.2) is 56.8 Å². The Labute approximate surface area is 225 Å². The Morgan fingerprint density at radius 3 is 2.61 bits per heavy atom. The van der Waals surface area contributed by atoms with E-state index < -0.39 is 28.4 Å². The molecule has 0 radical (unpaired) electrons. The van der Waals surface area contributed by atoms with Crippen LogP contribution in [-0.2, 0) is 4.74 Å². The van der Waals surface area contributed by atoms with Crippen molar-refractivity contribution in [3.63, 3.8) is 0 Å². The van der Waals surface area contributed by atoms with Gasteiger partial charge < -0.3 is 19.7 Å². The van der Waals surface area contributed by atoms with Crippen LogP contribution >= 0.6 is 11.6 Å². The summed E-state index contributed by atoms with van der Waals surface area (Å²) in [6.07, 6.45) is 1.19. The summed E-state index contributed by atoms with van der Waals surface area (Å²) >= 11 is 6.04. The molecule has 1 aliphatic heterocycles. The van der Waals surface area contributed by atoms with Gasteiger partial charge in [-0.3, -0.25) is 4.98 Å². The number of piperazine rings is 1. The van der Waals surface area contributed by atoms with E-state index in [1.165, 1.54) is 0 Å². The average Bonchev–Trinajstić information content (AvgIpc) is 2.82. The van der Waals surface area contributed by atoms with Gasteiger partial charge in [0, 0.05) is 31.9 Å². The Morgan fingerprint density at radius 2 is 2.00 bits per heavy atom. The van der Waals surface area contributed by atoms with Crippen LogP contribution in [0.1, 0.15) is 58.7 Å². The predicted octanol–water partition coefficient (Wildman–Crippen LogP) is 4.08. The maximum absolute atomic E-state index is 14.8. The first-order valence-corrected chi connectivity index (χ1v) is 12.8. The average molecular weight is 547 g/mol. The lowest BCUT2D eigenvalue weighted by Gasteiger charge is -2.40. The van der Waals surface area contributed by atoms with E-state index in [1.54, 1.807) is 49.8 Å². The summed E-state index contributed by atoms with van der Waals surface area (Å²) in [6.45, 7) is 13.7. The van der Waals surface area contributed by atoms with E-state index in [4.69, 9.17) is 16.3 Å². The monoisotopic (exact) mass is 546 g/mol. The third kappa shape index (κ3) is 4.99. The molecule has 1 aliphatic rings. The summed E-state index contributed by atoms with van der Waals surface area (Å²) in [5, 5.41) is 12.8. The fourth-order valence-corrected chi connectivity index (χ4v) is 4.82. The van der Waals surface area contributed by atoms with Gasteiger partial charge in [-0.2, -0.15) is 4.98 Å². The van der Waals surface area contributed by atoms with Crippen molar-refractivity contribution in [1.82, 2.24) is 19.4 Å². The zero-order chi connectivity index (χ0) is 28.1. The van der Waals surface area contributed by atoms with Gasteiger partial charge in [0.2, 0.25) is 5.15 Å². The lowest BCUT2D eigenvalue weighted by Crippen LogP contribution is -2.55. The Hall–Kier alpha value is -3.47. The smallest absolute Gasteiger partial charge is 0.442 e. The molecule has 1 amide bonds. The van der Waals surface area contributed by atoms with Gasteiger partial charge in [0.15, 0.2) is 17.3 Å². The number of ether oxygens (including phenoxy) is 1. The van der Waals surface area contributed by atoms with E-state index in [0.717, 1.165) is 10.6 Å². The van der Waals surface area contributed by atoms with Crippen molar-refractivity contribution in [2.75, 3.05) is 24.5 Å². The van der Waals surface area contributed by atoms with Gasteiger partial charge >= 0.3 is 17.4 Å². The highest BCUT2D eigenvalue weighted by atomic mass is 35.5. The number of aryl methyl sites for hydroxylation is 1. The van der Waals surface area contributed by atoms with E-state index in [2.05, 4.69) is 9.97 Å². The molecule has 0 N–H and O–H groups in total. The predicted molar refractivity (Wildman–Crippen MR) is 143 cm³/mol. The molecule has 0 saturated carbocycles. The maximum atomic E-state index is 14.8. The van der Waals surface area contributed by atoms with Crippen LogP contribution in [0.3, 0.4) is 0 Å². The number of hydrogen-bond donors (Lipinski definition) is 0. The van der Waals surface area contributed by atoms with Crippen molar-refractivity contribution in [2.45, 2.75) is 66.0 Å². The molecular formula is C26H32ClFN6O4. The Kier molecular flexibility index (Phi) is 7.26. The van der Waals surface area contributed by atoms with Crippen LogP contribution in [0.25, 0.3) is 16.7 Å². The second-order valence-corrected chi connectivity index (χ2v) is 11.2. The van der Waals surface area contributed by atoms with Crippen LogP contribution in [0.5, 0.6) is 0 Å². The van der Waals surface area contributed by atoms with Gasteiger partial charge in [-0.1, -0.05) is 13.8 Å². The maximum Gasteiger partial charge on any atom is 0.442 e. The molecule has 1 saturated heterocycles. The third-order valence-corrected chi connectivity index (χ3v) is 6.74. The van der Waals surface area contributed by atoms with Crippen molar-refractivity contribution < 1.29 is 18.7 Å². The van der Waals surface area contributed by atoms with E-state index in [9.17, 15) is 19.2 Å². The van der Waals surface area contributed by atoms with Gasteiger partial charge in [-0.05, 0) is 69.8 Å². The first-order valence-electron chi connectivity index (χ1n) is 12.5. The number of nitrogens with zero attached hydrogens (tertiary/aromatic N) is 6. The van der Waals surface area contributed by atoms with Gasteiger partial charge in [-0.25, -0.2) is 18.7 Å². The normalized spacial score (nSPS) is 16.4. The molecule has 4 rings (SSSR count). The molecule has 10 nitrogen and oxygen atoms in total. The number of pyridine rings is 2. The van der Waals surface area contributed by atoms with E-state index in [1.807, 2.05) is 20.8 Å². The van der Waals surface area contributed by atoms with E-state index in [-0.39, 0.29) is 53.2 Å². The molecule has 3 aromatic rings. The second-order valence-electron chi connectivity index (χ2n) is 10.9. The molecule has 3 aromatic heterocycles. The molecule has 1 atom stereocenters. The van der Waals surface area contributed by atoms with Crippen LogP contribution < -0.4 is 15.3 Å². The Bertz CT molecular complexity index is 1470. The number of fused-ring (bicyclic) bond motifs is 1. The number of carbonyl (C=O) groups excluding carboxylic acids is 1. The third-order valence-electron chi connectivity index (χ3n) is 6.40. The molecule has 1 fully saturated rings. The summed E-state index contributed by atoms with van der Waals surface area (Å²) in [5.41, 5.74) is 0.180. The summed E-state index contributed by atoms with van der Waals surface area (Å²) in [5.74, 6) is -0.872. The van der Waals surface area contributed by atoms with Crippen LogP contribution in [0.2, 0.25) is 5.15 Å². The largest absolute Gasteiger partial charge is 0.709 e. The standard InChI is InChI=1S/C26H32ClFN6O4/c1-14(2)19-20(15(3)8-9-29-19)33-23-17(12-18(28)21(27)34(23)37)22(30-24(33)35)32-11-10-31(13-16(32)4)25(36)38-26(5,6)7/h8-9,12,14,16H,10-11,13H2,1-7H3/t16-/m0/s1. The highest BCUT2D eigenvalue weighted by molar-refractivity contribution is 6.28. The summed E-state index contributed by atoms with van der Waals surface area (Å²) in [4.78, 5) is 38.4. The number of carbonyl (C=O) groups is 1. The van der Waals surface area contributed by atoms with Crippen molar-refractivity contribution in [2.24, 2.45) is 0 Å². The first-order chi connectivity index (χ1) is 17.7. The quantitative estimate of drug-likeness (QED) is 0.277. The highest BCUT2D eigenvalue weighted by Crippen LogP contribution is 2.31. The first kappa shape index (κ1) is 27.6. The number of halogens is 2. The number of anilines is 1. The molecule has 0 aliphatic carbocycles. The van der Waals surface area contributed by atoms with Gasteiger partial charge in [0.25, 0.3) is 0 Å². The lowest BCUT2D eigenvalue weighted by atomic mass is 10.0. The summed E-state index contributed by atoms with van der Waals surface area (Å²) in [6, 6.07) is 2.54. The Morgan fingerprint density at radius 1 is 1.32 bits per heavy atom. The number of rotatable bonds is 3. The number of aromatic nitrogens is 4. The SMILES string of the molecule is Cc1ccnc(C(C)C)c1-n1c(=O)nc(N2CCN(C(=O)OC(C)(C)C)C[C@@H]2C)c2cc(F)c(Cl)[n+]([O-])c21.